The zero-order chi connectivity index (χ0) is 9.14. The molecule has 0 amide bonds. The van der Waals surface area contributed by atoms with E-state index in [9.17, 15) is 0 Å². The summed E-state index contributed by atoms with van der Waals surface area (Å²) in [5.41, 5.74) is 8.07. The zero-order valence-electron chi connectivity index (χ0n) is 7.47. The van der Waals surface area contributed by atoms with Crippen LogP contribution in [0.2, 0.25) is 5.02 Å². The molecule has 0 unspecified atom stereocenters. The van der Waals surface area contributed by atoms with Crippen LogP contribution in [0.5, 0.6) is 0 Å². The van der Waals surface area contributed by atoms with Gasteiger partial charge in [-0.15, -0.1) is 0 Å². The van der Waals surface area contributed by atoms with Gasteiger partial charge in [-0.25, -0.2) is 0 Å². The third kappa shape index (κ3) is 1.99. The minimum atomic E-state index is 0.114. The Balaban J connectivity index is 2.96. The van der Waals surface area contributed by atoms with E-state index >= 15 is 0 Å². The first-order chi connectivity index (χ1) is 5.65. The highest BCUT2D eigenvalue weighted by molar-refractivity contribution is 6.31. The SMILES string of the molecule is CC[C@@H](N)c1ccc(C)c(Cl)c1. The molecule has 0 bridgehead atoms. The fourth-order valence-electron chi connectivity index (χ4n) is 1.08. The second kappa shape index (κ2) is 3.92. The van der Waals surface area contributed by atoms with E-state index in [-0.39, 0.29) is 6.04 Å². The van der Waals surface area contributed by atoms with Crippen molar-refractivity contribution in [2.45, 2.75) is 26.3 Å². The molecule has 66 valence electrons. The molecule has 0 fully saturated rings. The number of nitrogens with two attached hydrogens (primary N) is 1. The summed E-state index contributed by atoms with van der Waals surface area (Å²) in [7, 11) is 0. The average molecular weight is 184 g/mol. The van der Waals surface area contributed by atoms with Crippen molar-refractivity contribution in [3.05, 3.63) is 34.3 Å². The number of benzene rings is 1. The molecule has 0 aromatic heterocycles. The van der Waals surface area contributed by atoms with Crippen LogP contribution in [-0.4, -0.2) is 0 Å². The number of halogens is 1. The Morgan fingerprint density at radius 1 is 1.50 bits per heavy atom. The van der Waals surface area contributed by atoms with Crippen LogP contribution in [0, 0.1) is 6.92 Å². The van der Waals surface area contributed by atoms with Gasteiger partial charge in [0.1, 0.15) is 0 Å². The Bertz CT molecular complexity index is 271. The van der Waals surface area contributed by atoms with Crippen LogP contribution in [0.3, 0.4) is 0 Å². The summed E-state index contributed by atoms with van der Waals surface area (Å²) in [4.78, 5) is 0. The maximum Gasteiger partial charge on any atom is 0.0438 e. The summed E-state index contributed by atoms with van der Waals surface area (Å²) in [5, 5.41) is 0.802. The molecule has 1 aromatic rings. The highest BCUT2D eigenvalue weighted by Crippen LogP contribution is 2.21. The molecule has 0 radical (unpaired) electrons. The summed E-state index contributed by atoms with van der Waals surface area (Å²) in [5.74, 6) is 0. The third-order valence-electron chi connectivity index (χ3n) is 2.06. The molecule has 1 atom stereocenters. The van der Waals surface area contributed by atoms with Gasteiger partial charge in [-0.2, -0.15) is 0 Å². The molecule has 0 aliphatic rings. The van der Waals surface area contributed by atoms with Crippen LogP contribution in [0.25, 0.3) is 0 Å². The largest absolute Gasteiger partial charge is 0.324 e. The first-order valence-electron chi connectivity index (χ1n) is 4.16. The second-order valence-electron chi connectivity index (χ2n) is 3.02. The van der Waals surface area contributed by atoms with Crippen molar-refractivity contribution in [3.8, 4) is 0 Å². The molecule has 1 aromatic carbocycles. The first kappa shape index (κ1) is 9.56. The normalized spacial score (nSPS) is 13.0. The number of rotatable bonds is 2. The monoisotopic (exact) mass is 183 g/mol. The fourth-order valence-corrected chi connectivity index (χ4v) is 1.26. The lowest BCUT2D eigenvalue weighted by atomic mass is 10.0. The van der Waals surface area contributed by atoms with Gasteiger partial charge in [0.25, 0.3) is 0 Å². The lowest BCUT2D eigenvalue weighted by Gasteiger charge is -2.09. The smallest absolute Gasteiger partial charge is 0.0438 e. The summed E-state index contributed by atoms with van der Waals surface area (Å²) in [6.07, 6.45) is 0.944. The van der Waals surface area contributed by atoms with Crippen molar-refractivity contribution in [1.29, 1.82) is 0 Å². The van der Waals surface area contributed by atoms with Gasteiger partial charge in [0.05, 0.1) is 0 Å². The summed E-state index contributed by atoms with van der Waals surface area (Å²) < 4.78 is 0. The van der Waals surface area contributed by atoms with Crippen LogP contribution in [0.1, 0.15) is 30.5 Å². The van der Waals surface area contributed by atoms with Crippen molar-refractivity contribution in [3.63, 3.8) is 0 Å². The molecular weight excluding hydrogens is 170 g/mol. The van der Waals surface area contributed by atoms with E-state index in [2.05, 4.69) is 6.92 Å². The van der Waals surface area contributed by atoms with Crippen molar-refractivity contribution in [1.82, 2.24) is 0 Å². The van der Waals surface area contributed by atoms with Gasteiger partial charge in [-0.05, 0) is 30.5 Å². The highest BCUT2D eigenvalue weighted by Gasteiger charge is 2.04. The van der Waals surface area contributed by atoms with E-state index in [1.807, 2.05) is 25.1 Å². The molecule has 1 rings (SSSR count). The van der Waals surface area contributed by atoms with Crippen molar-refractivity contribution < 1.29 is 0 Å². The van der Waals surface area contributed by atoms with E-state index in [1.54, 1.807) is 0 Å². The third-order valence-corrected chi connectivity index (χ3v) is 2.47. The minimum Gasteiger partial charge on any atom is -0.324 e. The van der Waals surface area contributed by atoms with Gasteiger partial charge in [0, 0.05) is 11.1 Å². The van der Waals surface area contributed by atoms with E-state index in [1.165, 1.54) is 0 Å². The summed E-state index contributed by atoms with van der Waals surface area (Å²) >= 11 is 5.96. The van der Waals surface area contributed by atoms with Gasteiger partial charge in [-0.3, -0.25) is 0 Å². The quantitative estimate of drug-likeness (QED) is 0.750. The molecule has 2 heteroatoms. The predicted molar refractivity (Wildman–Crippen MR) is 53.4 cm³/mol. The molecule has 0 aliphatic carbocycles. The fraction of sp³-hybridized carbons (Fsp3) is 0.400. The van der Waals surface area contributed by atoms with Crippen LogP contribution < -0.4 is 5.73 Å². The van der Waals surface area contributed by atoms with Gasteiger partial charge >= 0.3 is 0 Å². The van der Waals surface area contributed by atoms with Crippen molar-refractivity contribution >= 4 is 11.6 Å². The molecule has 0 spiro atoms. The Hall–Kier alpha value is -0.530. The summed E-state index contributed by atoms with van der Waals surface area (Å²) in [6.45, 7) is 4.06. The Morgan fingerprint density at radius 2 is 2.17 bits per heavy atom. The molecular formula is C10H14ClN. The lowest BCUT2D eigenvalue weighted by molar-refractivity contribution is 0.698. The van der Waals surface area contributed by atoms with Crippen LogP contribution in [-0.2, 0) is 0 Å². The first-order valence-corrected chi connectivity index (χ1v) is 4.54. The van der Waals surface area contributed by atoms with Crippen LogP contribution in [0.15, 0.2) is 18.2 Å². The van der Waals surface area contributed by atoms with Gasteiger partial charge < -0.3 is 5.73 Å². The lowest BCUT2D eigenvalue weighted by Crippen LogP contribution is -2.08. The number of hydrogen-bond acceptors (Lipinski definition) is 1. The van der Waals surface area contributed by atoms with Gasteiger partial charge in [0.2, 0.25) is 0 Å². The minimum absolute atomic E-state index is 0.114. The Morgan fingerprint density at radius 3 is 2.67 bits per heavy atom. The molecule has 0 aliphatic heterocycles. The summed E-state index contributed by atoms with van der Waals surface area (Å²) in [6, 6.07) is 6.11. The van der Waals surface area contributed by atoms with Gasteiger partial charge in [0.15, 0.2) is 0 Å². The zero-order valence-corrected chi connectivity index (χ0v) is 8.23. The van der Waals surface area contributed by atoms with Crippen LogP contribution in [0.4, 0.5) is 0 Å². The highest BCUT2D eigenvalue weighted by atomic mass is 35.5. The predicted octanol–water partition coefficient (Wildman–Crippen LogP) is 3.06. The molecule has 2 N–H and O–H groups in total. The van der Waals surface area contributed by atoms with E-state index < -0.39 is 0 Å². The molecule has 1 nitrogen and oxygen atoms in total. The second-order valence-corrected chi connectivity index (χ2v) is 3.43. The maximum absolute atomic E-state index is 5.96. The van der Waals surface area contributed by atoms with Crippen LogP contribution >= 0.6 is 11.6 Å². The molecule has 0 saturated heterocycles. The van der Waals surface area contributed by atoms with E-state index in [0.717, 1.165) is 22.6 Å². The Kier molecular flexibility index (Phi) is 3.12. The van der Waals surface area contributed by atoms with Crippen molar-refractivity contribution in [2.75, 3.05) is 0 Å². The van der Waals surface area contributed by atoms with E-state index in [0.29, 0.717) is 0 Å². The molecule has 0 heterocycles. The molecule has 0 saturated carbocycles. The maximum atomic E-state index is 5.96. The number of hydrogen-bond donors (Lipinski definition) is 1. The van der Waals surface area contributed by atoms with Crippen molar-refractivity contribution in [2.24, 2.45) is 5.73 Å². The van der Waals surface area contributed by atoms with E-state index in [4.69, 9.17) is 17.3 Å². The molecule has 12 heavy (non-hydrogen) atoms. The standard InChI is InChI=1S/C10H14ClN/c1-3-10(12)8-5-4-7(2)9(11)6-8/h4-6,10H,3,12H2,1-2H3/t10-/m1/s1. The topological polar surface area (TPSA) is 26.0 Å². The average Bonchev–Trinajstić information content (AvgIpc) is 2.08. The van der Waals surface area contributed by atoms with Gasteiger partial charge in [-0.1, -0.05) is 30.7 Å². The number of aryl methyl sites for hydroxylation is 1. The Labute approximate surface area is 78.5 Å².